The fraction of sp³-hybridized carbons (Fsp3) is 0.667. The first-order chi connectivity index (χ1) is 4.59. The van der Waals surface area contributed by atoms with Gasteiger partial charge in [-0.05, 0) is 13.8 Å². The molecule has 3 nitrogen and oxygen atoms in total. The Labute approximate surface area is 64.3 Å². The van der Waals surface area contributed by atoms with Gasteiger partial charge in [0.25, 0.3) is 0 Å². The number of ketones is 1. The minimum atomic E-state index is -1.14. The van der Waals surface area contributed by atoms with Crippen LogP contribution in [0.3, 0.4) is 0 Å². The van der Waals surface area contributed by atoms with Crippen molar-refractivity contribution in [3.05, 3.63) is 0 Å². The van der Waals surface area contributed by atoms with E-state index in [0.717, 1.165) is 0 Å². The number of ether oxygens (including phenoxy) is 1. The van der Waals surface area contributed by atoms with E-state index in [1.165, 1.54) is 6.92 Å². The number of hydrogen-bond acceptors (Lipinski definition) is 3. The van der Waals surface area contributed by atoms with Gasteiger partial charge in [-0.3, -0.25) is 4.79 Å². The fourth-order valence-electron chi connectivity index (χ4n) is 0.381. The third-order valence-electron chi connectivity index (χ3n) is 0.850. The van der Waals surface area contributed by atoms with Gasteiger partial charge in [-0.1, -0.05) is 0 Å². The van der Waals surface area contributed by atoms with E-state index in [4.69, 9.17) is 11.6 Å². The van der Waals surface area contributed by atoms with Crippen molar-refractivity contribution in [2.24, 2.45) is 0 Å². The lowest BCUT2D eigenvalue weighted by molar-refractivity contribution is -0.144. The molecule has 0 aromatic carbocycles. The second kappa shape index (κ2) is 4.28. The Morgan fingerprint density at radius 2 is 2.10 bits per heavy atom. The Morgan fingerprint density at radius 3 is 2.40 bits per heavy atom. The van der Waals surface area contributed by atoms with E-state index < -0.39 is 11.3 Å². The highest BCUT2D eigenvalue weighted by atomic mass is 35.5. The van der Waals surface area contributed by atoms with Crippen molar-refractivity contribution in [1.29, 1.82) is 0 Å². The van der Waals surface area contributed by atoms with E-state index in [1.54, 1.807) is 6.92 Å². The number of rotatable bonds is 3. The van der Waals surface area contributed by atoms with Gasteiger partial charge in [0.1, 0.15) is 0 Å². The van der Waals surface area contributed by atoms with Gasteiger partial charge in [-0.2, -0.15) is 0 Å². The van der Waals surface area contributed by atoms with Crippen molar-refractivity contribution in [2.45, 2.75) is 19.2 Å². The summed E-state index contributed by atoms with van der Waals surface area (Å²) in [5.41, 5.74) is 0. The van der Waals surface area contributed by atoms with Gasteiger partial charge in [0.15, 0.2) is 11.2 Å². The largest absolute Gasteiger partial charge is 0.465 e. The van der Waals surface area contributed by atoms with Crippen molar-refractivity contribution >= 4 is 23.4 Å². The Bertz CT molecular complexity index is 144. The lowest BCUT2D eigenvalue weighted by Crippen LogP contribution is -2.24. The van der Waals surface area contributed by atoms with Gasteiger partial charge in [0.05, 0.1) is 6.61 Å². The van der Waals surface area contributed by atoms with Crippen LogP contribution in [-0.2, 0) is 14.3 Å². The predicted octanol–water partition coefficient (Wildman–Crippen LogP) is 0.746. The average molecular weight is 165 g/mol. The zero-order valence-corrected chi connectivity index (χ0v) is 6.64. The zero-order chi connectivity index (χ0) is 8.15. The smallest absolute Gasteiger partial charge is 0.331 e. The minimum absolute atomic E-state index is 0.245. The number of carbonyl (C=O) groups is 2. The topological polar surface area (TPSA) is 43.4 Å². The molecule has 4 heteroatoms. The number of halogens is 1. The van der Waals surface area contributed by atoms with Crippen LogP contribution in [0.25, 0.3) is 0 Å². The van der Waals surface area contributed by atoms with Gasteiger partial charge in [0, 0.05) is 0 Å². The quantitative estimate of drug-likeness (QED) is 0.351. The number of carbonyl (C=O) groups excluding carboxylic acids is 2. The normalized spacial score (nSPS) is 12.3. The van der Waals surface area contributed by atoms with E-state index in [-0.39, 0.29) is 12.4 Å². The molecule has 0 N–H and O–H groups in total. The Hall–Kier alpha value is -0.570. The molecule has 0 amide bonds. The Morgan fingerprint density at radius 1 is 1.60 bits per heavy atom. The summed E-state index contributed by atoms with van der Waals surface area (Å²) in [6, 6.07) is 0. The average Bonchev–Trinajstić information content (AvgIpc) is 1.87. The van der Waals surface area contributed by atoms with Crippen LogP contribution in [-0.4, -0.2) is 23.7 Å². The molecule has 0 aromatic heterocycles. The van der Waals surface area contributed by atoms with Crippen molar-refractivity contribution < 1.29 is 14.3 Å². The van der Waals surface area contributed by atoms with E-state index in [2.05, 4.69) is 4.74 Å². The van der Waals surface area contributed by atoms with Crippen LogP contribution in [0.2, 0.25) is 0 Å². The molecule has 0 saturated heterocycles. The lowest BCUT2D eigenvalue weighted by atomic mass is 10.3. The molecule has 0 saturated carbocycles. The van der Waals surface area contributed by atoms with E-state index in [1.807, 2.05) is 0 Å². The molecule has 0 heterocycles. The number of Topliss-reactive ketones (excluding diaryl/α,β-unsaturated/α-hetero) is 1. The van der Waals surface area contributed by atoms with Crippen LogP contribution >= 0.6 is 11.6 Å². The first-order valence-corrected chi connectivity index (χ1v) is 3.34. The maximum Gasteiger partial charge on any atom is 0.331 e. The second-order valence-electron chi connectivity index (χ2n) is 1.73. The summed E-state index contributed by atoms with van der Waals surface area (Å²) < 4.78 is 4.47. The number of esters is 1. The fourth-order valence-corrected chi connectivity index (χ4v) is 0.444. The van der Waals surface area contributed by atoms with Crippen LogP contribution in [0.1, 0.15) is 13.8 Å². The van der Waals surface area contributed by atoms with Crippen molar-refractivity contribution in [3.8, 4) is 0 Å². The first kappa shape index (κ1) is 9.43. The highest BCUT2D eigenvalue weighted by Crippen LogP contribution is 1.99. The summed E-state index contributed by atoms with van der Waals surface area (Å²) in [7, 11) is 0. The maximum absolute atomic E-state index is 10.6. The van der Waals surface area contributed by atoms with Crippen LogP contribution in [0.5, 0.6) is 0 Å². The van der Waals surface area contributed by atoms with Crippen LogP contribution < -0.4 is 0 Å². The second-order valence-corrected chi connectivity index (χ2v) is 2.16. The van der Waals surface area contributed by atoms with Crippen molar-refractivity contribution in [2.75, 3.05) is 6.61 Å². The molecule has 0 aromatic rings. The molecule has 10 heavy (non-hydrogen) atoms. The third kappa shape index (κ3) is 2.82. The van der Waals surface area contributed by atoms with Gasteiger partial charge in [0.2, 0.25) is 0 Å². The summed E-state index contributed by atoms with van der Waals surface area (Å²) in [6.45, 7) is 3.14. The Balaban J connectivity index is 3.82. The summed E-state index contributed by atoms with van der Waals surface area (Å²) >= 11 is 5.32. The van der Waals surface area contributed by atoms with E-state index >= 15 is 0 Å². The zero-order valence-electron chi connectivity index (χ0n) is 5.89. The standard InChI is InChI=1S/C6H9ClO3/c1-3-10-6(9)5(7)4(2)8/h5H,3H2,1-2H3/t5-/m0/s1. The molecule has 0 radical (unpaired) electrons. The molecule has 58 valence electrons. The summed E-state index contributed by atoms with van der Waals surface area (Å²) in [5, 5.41) is -1.14. The predicted molar refractivity (Wildman–Crippen MR) is 37.0 cm³/mol. The summed E-state index contributed by atoms with van der Waals surface area (Å²) in [5.74, 6) is -1.06. The highest BCUT2D eigenvalue weighted by Gasteiger charge is 2.20. The summed E-state index contributed by atoms with van der Waals surface area (Å²) in [6.07, 6.45) is 0. The molecule has 0 aliphatic carbocycles. The SMILES string of the molecule is CCOC(=O)[C@@H](Cl)C(C)=O. The Kier molecular flexibility index (Phi) is 4.03. The lowest BCUT2D eigenvalue weighted by Gasteiger charge is -2.03. The molecule has 0 aliphatic rings. The molecular weight excluding hydrogens is 156 g/mol. The van der Waals surface area contributed by atoms with Gasteiger partial charge >= 0.3 is 5.97 Å². The molecule has 0 fully saturated rings. The summed E-state index contributed by atoms with van der Waals surface area (Å²) in [4.78, 5) is 21.0. The van der Waals surface area contributed by atoms with Gasteiger partial charge in [-0.15, -0.1) is 11.6 Å². The minimum Gasteiger partial charge on any atom is -0.465 e. The van der Waals surface area contributed by atoms with Crippen molar-refractivity contribution in [1.82, 2.24) is 0 Å². The van der Waals surface area contributed by atoms with Gasteiger partial charge in [-0.25, -0.2) is 4.79 Å². The molecule has 0 unspecified atom stereocenters. The van der Waals surface area contributed by atoms with E-state index in [0.29, 0.717) is 0 Å². The van der Waals surface area contributed by atoms with Crippen LogP contribution in [0.15, 0.2) is 0 Å². The van der Waals surface area contributed by atoms with Crippen LogP contribution in [0, 0.1) is 0 Å². The first-order valence-electron chi connectivity index (χ1n) is 2.90. The monoisotopic (exact) mass is 164 g/mol. The molecule has 0 spiro atoms. The van der Waals surface area contributed by atoms with Crippen molar-refractivity contribution in [3.63, 3.8) is 0 Å². The molecule has 0 bridgehead atoms. The van der Waals surface area contributed by atoms with Crippen LogP contribution in [0.4, 0.5) is 0 Å². The molecule has 1 atom stereocenters. The molecular formula is C6H9ClO3. The highest BCUT2D eigenvalue weighted by molar-refractivity contribution is 6.40. The molecule has 0 aliphatic heterocycles. The maximum atomic E-state index is 10.6. The van der Waals surface area contributed by atoms with E-state index in [9.17, 15) is 9.59 Å². The number of alkyl halides is 1. The number of hydrogen-bond donors (Lipinski definition) is 0. The van der Waals surface area contributed by atoms with Gasteiger partial charge < -0.3 is 4.74 Å². The molecule has 0 rings (SSSR count). The third-order valence-corrected chi connectivity index (χ3v) is 1.34.